The monoisotopic (exact) mass is 506 g/mol. The minimum absolute atomic E-state index is 0.227. The highest BCUT2D eigenvalue weighted by Crippen LogP contribution is 2.56. The number of amides is 1. The van der Waals surface area contributed by atoms with Crippen LogP contribution in [0.5, 0.6) is 5.75 Å². The number of aromatic nitrogens is 1. The molecular formula is C28H27ClN2O5. The highest BCUT2D eigenvalue weighted by Gasteiger charge is 2.64. The number of benzene rings is 2. The molecule has 186 valence electrons. The van der Waals surface area contributed by atoms with Crippen molar-refractivity contribution in [2.75, 3.05) is 6.61 Å². The molecular weight excluding hydrogens is 480 g/mol. The molecule has 0 radical (unpaired) electrons. The lowest BCUT2D eigenvalue weighted by Crippen LogP contribution is -2.30. The average molecular weight is 507 g/mol. The summed E-state index contributed by atoms with van der Waals surface area (Å²) in [5.74, 6) is -0.945. The molecule has 1 saturated carbocycles. The maximum atomic E-state index is 12.7. The van der Waals surface area contributed by atoms with Crippen molar-refractivity contribution in [2.45, 2.75) is 38.7 Å². The summed E-state index contributed by atoms with van der Waals surface area (Å²) in [5, 5.41) is 9.74. The van der Waals surface area contributed by atoms with Crippen molar-refractivity contribution in [3.8, 4) is 5.75 Å². The van der Waals surface area contributed by atoms with Crippen molar-refractivity contribution in [3.63, 3.8) is 0 Å². The Morgan fingerprint density at radius 2 is 1.92 bits per heavy atom. The van der Waals surface area contributed by atoms with E-state index >= 15 is 0 Å². The SMILES string of the molecule is CCOC(=O)[C@@]1(Cc2ccc(OC3c4ccc(Cl)cc4CCc4cccnc43)cc2)C[C@@H]1C(=O)NO. The number of carbonyl (C=O) groups is 2. The number of nitrogens with one attached hydrogen (secondary N) is 1. The van der Waals surface area contributed by atoms with Crippen molar-refractivity contribution in [2.24, 2.45) is 11.3 Å². The molecule has 1 amide bonds. The first-order chi connectivity index (χ1) is 17.4. The van der Waals surface area contributed by atoms with Crippen LogP contribution in [0.4, 0.5) is 0 Å². The van der Waals surface area contributed by atoms with Crippen LogP contribution in [0.1, 0.15) is 47.4 Å². The second-order valence-electron chi connectivity index (χ2n) is 9.32. The van der Waals surface area contributed by atoms with Crippen LogP contribution >= 0.6 is 11.6 Å². The van der Waals surface area contributed by atoms with E-state index in [1.165, 1.54) is 0 Å². The van der Waals surface area contributed by atoms with Gasteiger partial charge in [0, 0.05) is 16.8 Å². The van der Waals surface area contributed by atoms with Crippen molar-refractivity contribution < 1.29 is 24.3 Å². The van der Waals surface area contributed by atoms with E-state index in [2.05, 4.69) is 11.1 Å². The summed E-state index contributed by atoms with van der Waals surface area (Å²) in [4.78, 5) is 29.3. The van der Waals surface area contributed by atoms with E-state index in [4.69, 9.17) is 26.3 Å². The Kier molecular flexibility index (Phi) is 6.69. The second-order valence-corrected chi connectivity index (χ2v) is 9.76. The molecule has 0 bridgehead atoms. The molecule has 36 heavy (non-hydrogen) atoms. The number of nitrogens with zero attached hydrogens (tertiary/aromatic N) is 1. The molecule has 0 spiro atoms. The molecule has 5 rings (SSSR count). The number of hydroxylamine groups is 1. The van der Waals surface area contributed by atoms with Crippen LogP contribution in [0.3, 0.4) is 0 Å². The summed E-state index contributed by atoms with van der Waals surface area (Å²) in [6.45, 7) is 1.96. The fourth-order valence-electron chi connectivity index (χ4n) is 5.16. The lowest BCUT2D eigenvalue weighted by Gasteiger charge is -2.22. The van der Waals surface area contributed by atoms with Crippen molar-refractivity contribution in [1.29, 1.82) is 0 Å². The van der Waals surface area contributed by atoms with E-state index in [-0.39, 0.29) is 12.7 Å². The number of halogens is 1. The number of rotatable bonds is 7. The predicted molar refractivity (Wildman–Crippen MR) is 133 cm³/mol. The van der Waals surface area contributed by atoms with E-state index in [0.29, 0.717) is 23.6 Å². The van der Waals surface area contributed by atoms with E-state index in [0.717, 1.165) is 40.8 Å². The van der Waals surface area contributed by atoms with Crippen LogP contribution in [-0.4, -0.2) is 28.7 Å². The van der Waals surface area contributed by atoms with Crippen LogP contribution in [0, 0.1) is 11.3 Å². The summed E-state index contributed by atoms with van der Waals surface area (Å²) in [5.41, 5.74) is 5.78. The summed E-state index contributed by atoms with van der Waals surface area (Å²) in [6, 6.07) is 17.4. The van der Waals surface area contributed by atoms with Gasteiger partial charge in [-0.15, -0.1) is 0 Å². The molecule has 2 aliphatic rings. The number of carbonyl (C=O) groups excluding carboxylic acids is 2. The van der Waals surface area contributed by atoms with E-state index in [1.54, 1.807) is 18.6 Å². The predicted octanol–water partition coefficient (Wildman–Crippen LogP) is 4.62. The van der Waals surface area contributed by atoms with E-state index in [9.17, 15) is 9.59 Å². The number of ether oxygens (including phenoxy) is 2. The molecule has 0 saturated heterocycles. The number of pyridine rings is 1. The molecule has 8 heteroatoms. The van der Waals surface area contributed by atoms with Crippen molar-refractivity contribution in [3.05, 3.63) is 93.8 Å². The first-order valence-electron chi connectivity index (χ1n) is 12.0. The van der Waals surface area contributed by atoms with Gasteiger partial charge in [-0.2, -0.15) is 0 Å². The normalized spacial score (nSPS) is 22.0. The Hall–Kier alpha value is -3.42. The Bertz CT molecular complexity index is 1300. The lowest BCUT2D eigenvalue weighted by atomic mass is 9.93. The third-order valence-electron chi connectivity index (χ3n) is 7.11. The highest BCUT2D eigenvalue weighted by molar-refractivity contribution is 6.30. The Morgan fingerprint density at radius 3 is 2.67 bits per heavy atom. The maximum absolute atomic E-state index is 12.7. The van der Waals surface area contributed by atoms with Gasteiger partial charge in [-0.05, 0) is 79.6 Å². The van der Waals surface area contributed by atoms with Gasteiger partial charge in [-0.3, -0.25) is 19.8 Å². The van der Waals surface area contributed by atoms with Crippen LogP contribution in [0.15, 0.2) is 60.8 Å². The van der Waals surface area contributed by atoms with Crippen LogP contribution < -0.4 is 10.2 Å². The standard InChI is InChI=1S/C28H27ClN2O5/c1-2-35-27(33)28(16-23(28)26(32)31-34)15-17-5-10-21(11-6-17)36-25-22-12-9-20(29)14-19(22)8-7-18-4-3-13-30-24(18)25/h3-6,9-14,23,25,34H,2,7-8,15-16H2,1H3,(H,31,32)/t23-,25?,28+/m1/s1. The van der Waals surface area contributed by atoms with Gasteiger partial charge in [-0.25, -0.2) is 5.48 Å². The van der Waals surface area contributed by atoms with Gasteiger partial charge in [0.1, 0.15) is 5.75 Å². The third-order valence-corrected chi connectivity index (χ3v) is 7.34. The molecule has 1 heterocycles. The Labute approximate surface area is 214 Å². The zero-order valence-corrected chi connectivity index (χ0v) is 20.6. The number of esters is 1. The van der Waals surface area contributed by atoms with Gasteiger partial charge >= 0.3 is 5.97 Å². The maximum Gasteiger partial charge on any atom is 0.313 e. The Balaban J connectivity index is 1.40. The smallest absolute Gasteiger partial charge is 0.313 e. The second kappa shape index (κ2) is 9.91. The molecule has 2 aromatic carbocycles. The van der Waals surface area contributed by atoms with Gasteiger partial charge < -0.3 is 9.47 Å². The summed E-state index contributed by atoms with van der Waals surface area (Å²) >= 11 is 6.28. The van der Waals surface area contributed by atoms with Crippen molar-refractivity contribution >= 4 is 23.5 Å². The molecule has 3 atom stereocenters. The quantitative estimate of drug-likeness (QED) is 0.276. The first-order valence-corrected chi connectivity index (χ1v) is 12.4. The molecule has 2 aliphatic carbocycles. The largest absolute Gasteiger partial charge is 0.479 e. The average Bonchev–Trinajstić information content (AvgIpc) is 3.64. The topological polar surface area (TPSA) is 97.8 Å². The van der Waals surface area contributed by atoms with Crippen LogP contribution in [0.25, 0.3) is 0 Å². The molecule has 0 aliphatic heterocycles. The number of aryl methyl sites for hydroxylation is 2. The highest BCUT2D eigenvalue weighted by atomic mass is 35.5. The molecule has 7 nitrogen and oxygen atoms in total. The number of hydrogen-bond donors (Lipinski definition) is 2. The minimum Gasteiger partial charge on any atom is -0.479 e. The van der Waals surface area contributed by atoms with Gasteiger partial charge in [0.05, 0.1) is 23.6 Å². The number of hydrogen-bond acceptors (Lipinski definition) is 6. The van der Waals surface area contributed by atoms with Gasteiger partial charge in [0.15, 0.2) is 6.10 Å². The van der Waals surface area contributed by atoms with Crippen molar-refractivity contribution in [1.82, 2.24) is 10.5 Å². The molecule has 3 aromatic rings. The number of fused-ring (bicyclic) bond motifs is 2. The third kappa shape index (κ3) is 4.56. The van der Waals surface area contributed by atoms with Crippen LogP contribution in [-0.2, 0) is 33.6 Å². The zero-order chi connectivity index (χ0) is 25.3. The fraction of sp³-hybridized carbons (Fsp3) is 0.321. The lowest BCUT2D eigenvalue weighted by molar-refractivity contribution is -0.152. The summed E-state index contributed by atoms with van der Waals surface area (Å²) in [7, 11) is 0. The summed E-state index contributed by atoms with van der Waals surface area (Å²) in [6.07, 6.45) is 3.77. The molecule has 1 unspecified atom stereocenters. The summed E-state index contributed by atoms with van der Waals surface area (Å²) < 4.78 is 11.7. The molecule has 1 aromatic heterocycles. The van der Waals surface area contributed by atoms with Crippen LogP contribution in [0.2, 0.25) is 5.02 Å². The molecule has 2 N–H and O–H groups in total. The van der Waals surface area contributed by atoms with Gasteiger partial charge in [-0.1, -0.05) is 35.9 Å². The van der Waals surface area contributed by atoms with Gasteiger partial charge in [0.2, 0.25) is 5.91 Å². The Morgan fingerprint density at radius 1 is 1.14 bits per heavy atom. The zero-order valence-electron chi connectivity index (χ0n) is 19.9. The van der Waals surface area contributed by atoms with Gasteiger partial charge in [0.25, 0.3) is 0 Å². The van der Waals surface area contributed by atoms with E-state index < -0.39 is 23.2 Å². The minimum atomic E-state index is -0.965. The first kappa shape index (κ1) is 24.3. The molecule has 1 fully saturated rings. The van der Waals surface area contributed by atoms with E-state index in [1.807, 2.05) is 48.5 Å². The fourth-order valence-corrected chi connectivity index (χ4v) is 5.36.